The van der Waals surface area contributed by atoms with E-state index in [-0.39, 0.29) is 27.2 Å². The van der Waals surface area contributed by atoms with Crippen LogP contribution in [0.5, 0.6) is 11.5 Å². The third-order valence-electron chi connectivity index (χ3n) is 4.52. The first-order valence-electron chi connectivity index (χ1n) is 9.10. The number of aromatic nitrogens is 2. The molecule has 32 heavy (non-hydrogen) atoms. The van der Waals surface area contributed by atoms with Crippen molar-refractivity contribution in [3.05, 3.63) is 62.1 Å². The van der Waals surface area contributed by atoms with Crippen molar-refractivity contribution >= 4 is 83.8 Å². The van der Waals surface area contributed by atoms with Crippen molar-refractivity contribution in [2.24, 2.45) is 0 Å². The minimum Gasteiger partial charge on any atom is -0.494 e. The summed E-state index contributed by atoms with van der Waals surface area (Å²) in [5.41, 5.74) is 1.91. The number of fused-ring (bicyclic) bond motifs is 1. The molecule has 2 aromatic heterocycles. The molecule has 0 aliphatic rings. The number of nitrogens with zero attached hydrogens (tertiary/aromatic N) is 2. The van der Waals surface area contributed by atoms with Crippen molar-refractivity contribution in [3.63, 3.8) is 0 Å². The van der Waals surface area contributed by atoms with E-state index in [4.69, 9.17) is 32.7 Å². The zero-order valence-electron chi connectivity index (χ0n) is 16.7. The molecule has 0 bridgehead atoms. The first-order valence-corrected chi connectivity index (χ1v) is 11.5. The topological polar surface area (TPSA) is 85.4 Å². The maximum Gasteiger partial charge on any atom is 0.258 e. The molecule has 4 rings (SSSR count). The van der Waals surface area contributed by atoms with Crippen LogP contribution in [-0.4, -0.2) is 30.1 Å². The number of ether oxygens (including phenoxy) is 2. The molecule has 0 atom stereocenters. The number of hydrogen-bond donors (Lipinski definition) is 2. The van der Waals surface area contributed by atoms with Crippen molar-refractivity contribution in [1.82, 2.24) is 9.97 Å². The molecule has 0 aliphatic carbocycles. The number of amides is 1. The van der Waals surface area contributed by atoms with Gasteiger partial charge >= 0.3 is 0 Å². The summed E-state index contributed by atoms with van der Waals surface area (Å²) in [4.78, 5) is 21.8. The Bertz CT molecular complexity index is 1290. The lowest BCUT2D eigenvalue weighted by Crippen LogP contribution is -2.13. The fourth-order valence-corrected chi connectivity index (χ4v) is 5.60. The second kappa shape index (κ2) is 9.50. The van der Waals surface area contributed by atoms with Crippen LogP contribution in [0.25, 0.3) is 10.2 Å². The zero-order chi connectivity index (χ0) is 22.8. The summed E-state index contributed by atoms with van der Waals surface area (Å²) in [6.45, 7) is 0. The number of hydrogen-bond acceptors (Lipinski definition) is 7. The van der Waals surface area contributed by atoms with Gasteiger partial charge in [-0.3, -0.25) is 4.79 Å². The summed E-state index contributed by atoms with van der Waals surface area (Å²) >= 11 is 17.6. The molecule has 0 spiro atoms. The van der Waals surface area contributed by atoms with Gasteiger partial charge in [-0.05, 0) is 28.1 Å². The van der Waals surface area contributed by atoms with Crippen LogP contribution in [0.1, 0.15) is 10.4 Å². The molecule has 0 radical (unpaired) electrons. The van der Waals surface area contributed by atoms with Crippen LogP contribution in [-0.2, 0) is 0 Å². The van der Waals surface area contributed by atoms with Gasteiger partial charge in [-0.1, -0.05) is 41.4 Å². The quantitative estimate of drug-likeness (QED) is 0.274. The number of para-hydroxylation sites is 1. The number of benzene rings is 2. The van der Waals surface area contributed by atoms with Crippen LogP contribution in [0.2, 0.25) is 10.0 Å². The van der Waals surface area contributed by atoms with Gasteiger partial charge in [0.2, 0.25) is 0 Å². The first-order chi connectivity index (χ1) is 15.5. The number of nitrogens with one attached hydrogen (secondary N) is 2. The molecular weight excluding hydrogens is 539 g/mol. The third-order valence-corrected chi connectivity index (χ3v) is 6.94. The number of thiophene rings is 1. The van der Waals surface area contributed by atoms with Crippen LogP contribution in [0.15, 0.2) is 46.5 Å². The fourth-order valence-electron chi connectivity index (χ4n) is 3.03. The van der Waals surface area contributed by atoms with Crippen molar-refractivity contribution in [1.29, 1.82) is 0 Å². The van der Waals surface area contributed by atoms with E-state index in [1.807, 2.05) is 30.3 Å². The average molecular weight is 554 g/mol. The van der Waals surface area contributed by atoms with Gasteiger partial charge in [-0.15, -0.1) is 11.3 Å². The van der Waals surface area contributed by atoms with Crippen LogP contribution in [0.4, 0.5) is 17.2 Å². The predicted molar refractivity (Wildman–Crippen MR) is 132 cm³/mol. The van der Waals surface area contributed by atoms with Crippen molar-refractivity contribution in [2.75, 3.05) is 24.9 Å². The summed E-state index contributed by atoms with van der Waals surface area (Å²) in [6, 6.07) is 9.61. The van der Waals surface area contributed by atoms with Gasteiger partial charge in [0.1, 0.15) is 20.8 Å². The number of methoxy groups -OCH3 is 2. The summed E-state index contributed by atoms with van der Waals surface area (Å²) in [5.74, 6) is 0.745. The molecule has 2 aromatic carbocycles. The molecule has 0 saturated heterocycles. The molecule has 4 aromatic rings. The Morgan fingerprint density at radius 1 is 1.06 bits per heavy atom. The Hall–Kier alpha value is -2.59. The lowest BCUT2D eigenvalue weighted by molar-refractivity contribution is 0.102. The minimum atomic E-state index is -0.434. The van der Waals surface area contributed by atoms with Crippen LogP contribution in [0, 0.1) is 0 Å². The fraction of sp³-hybridized carbons (Fsp3) is 0.0952. The monoisotopic (exact) mass is 552 g/mol. The number of halogens is 3. The Morgan fingerprint density at radius 2 is 1.72 bits per heavy atom. The van der Waals surface area contributed by atoms with E-state index >= 15 is 0 Å². The second-order valence-corrected chi connectivity index (χ2v) is 8.81. The standard InChI is InChI=1S/C21H15BrCl2N4O3S/c1-30-17-12(22)18(31-2)14(24)16(13(17)23)28-21(29)11-8-32-19-15(11)25-9-26-20(19)27-10-6-4-3-5-7-10/h3-9H,1-2H3,(H,28,29)(H,25,26,27). The summed E-state index contributed by atoms with van der Waals surface area (Å²) < 4.78 is 11.9. The van der Waals surface area contributed by atoms with Gasteiger partial charge in [-0.25, -0.2) is 9.97 Å². The van der Waals surface area contributed by atoms with Gasteiger partial charge in [0.05, 0.1) is 35.7 Å². The highest BCUT2D eigenvalue weighted by Gasteiger charge is 2.25. The Morgan fingerprint density at radius 3 is 2.34 bits per heavy atom. The summed E-state index contributed by atoms with van der Waals surface area (Å²) in [5, 5.41) is 8.00. The summed E-state index contributed by atoms with van der Waals surface area (Å²) in [7, 11) is 2.91. The highest BCUT2D eigenvalue weighted by Crippen LogP contribution is 2.50. The first kappa shape index (κ1) is 22.6. The summed E-state index contributed by atoms with van der Waals surface area (Å²) in [6.07, 6.45) is 1.41. The molecule has 2 heterocycles. The maximum absolute atomic E-state index is 13.2. The molecule has 0 aliphatic heterocycles. The van der Waals surface area contributed by atoms with E-state index in [0.717, 1.165) is 10.4 Å². The van der Waals surface area contributed by atoms with E-state index in [1.54, 1.807) is 5.38 Å². The molecule has 1 amide bonds. The van der Waals surface area contributed by atoms with E-state index < -0.39 is 5.91 Å². The molecular formula is C21H15BrCl2N4O3S. The molecule has 0 saturated carbocycles. The molecule has 164 valence electrons. The second-order valence-electron chi connectivity index (χ2n) is 6.38. The lowest BCUT2D eigenvalue weighted by Gasteiger charge is -2.17. The Balaban J connectivity index is 1.71. The largest absolute Gasteiger partial charge is 0.494 e. The van der Waals surface area contributed by atoms with Gasteiger partial charge in [0.25, 0.3) is 5.91 Å². The minimum absolute atomic E-state index is 0.138. The maximum atomic E-state index is 13.2. The molecule has 0 fully saturated rings. The van der Waals surface area contributed by atoms with E-state index in [0.29, 0.717) is 21.4 Å². The van der Waals surface area contributed by atoms with Gasteiger partial charge in [-0.2, -0.15) is 0 Å². The molecule has 0 unspecified atom stereocenters. The number of rotatable bonds is 6. The number of anilines is 3. The van der Waals surface area contributed by atoms with Crippen LogP contribution < -0.4 is 20.1 Å². The highest BCUT2D eigenvalue weighted by atomic mass is 79.9. The molecule has 11 heteroatoms. The van der Waals surface area contributed by atoms with Gasteiger partial charge in [0, 0.05) is 11.1 Å². The smallest absolute Gasteiger partial charge is 0.258 e. The highest BCUT2D eigenvalue weighted by molar-refractivity contribution is 9.10. The van der Waals surface area contributed by atoms with Crippen molar-refractivity contribution in [2.45, 2.75) is 0 Å². The molecule has 7 nitrogen and oxygen atoms in total. The Kier molecular flexibility index (Phi) is 6.71. The Labute approximate surface area is 205 Å². The number of carbonyl (C=O) groups is 1. The zero-order valence-corrected chi connectivity index (χ0v) is 20.6. The molecule has 2 N–H and O–H groups in total. The average Bonchev–Trinajstić information content (AvgIpc) is 3.23. The SMILES string of the molecule is COc1c(Cl)c(NC(=O)c2csc3c(Nc4ccccc4)ncnc23)c(Cl)c(OC)c1Br. The van der Waals surface area contributed by atoms with Gasteiger partial charge < -0.3 is 20.1 Å². The van der Waals surface area contributed by atoms with Crippen molar-refractivity contribution < 1.29 is 14.3 Å². The van der Waals surface area contributed by atoms with E-state index in [1.165, 1.54) is 31.9 Å². The van der Waals surface area contributed by atoms with Crippen LogP contribution in [0.3, 0.4) is 0 Å². The number of carbonyl (C=O) groups excluding carboxylic acids is 1. The van der Waals surface area contributed by atoms with E-state index in [2.05, 4.69) is 36.5 Å². The third kappa shape index (κ3) is 4.09. The predicted octanol–water partition coefficient (Wildman–Crippen LogP) is 6.77. The van der Waals surface area contributed by atoms with Crippen LogP contribution >= 0.6 is 50.5 Å². The van der Waals surface area contributed by atoms with E-state index in [9.17, 15) is 4.79 Å². The lowest BCUT2D eigenvalue weighted by atomic mass is 10.2. The van der Waals surface area contributed by atoms with Gasteiger partial charge in [0.15, 0.2) is 17.3 Å². The normalized spacial score (nSPS) is 10.8. The van der Waals surface area contributed by atoms with Crippen molar-refractivity contribution in [3.8, 4) is 11.5 Å².